The predicted molar refractivity (Wildman–Crippen MR) is 99.2 cm³/mol. The molecule has 0 bridgehead atoms. The standard InChI is InChI=1S/C21H24N2O2/c24-20(15-21(25)19-7-4-11-22-16-19)18-9-13-23(14-10-18)12-8-17-5-2-1-3-6-17/h1-7,11,15-16,18,25H,8-10,12-14H2/b21-15+. The smallest absolute Gasteiger partial charge is 0.162 e. The van der Waals surface area contributed by atoms with Crippen LogP contribution >= 0.6 is 0 Å². The van der Waals surface area contributed by atoms with E-state index in [1.165, 1.54) is 11.6 Å². The Morgan fingerprint density at radius 2 is 1.92 bits per heavy atom. The zero-order chi connectivity index (χ0) is 17.5. The highest BCUT2D eigenvalue weighted by Crippen LogP contribution is 2.20. The Hall–Kier alpha value is -2.46. The highest BCUT2D eigenvalue weighted by atomic mass is 16.3. The van der Waals surface area contributed by atoms with Gasteiger partial charge in [0.15, 0.2) is 5.78 Å². The third-order valence-electron chi connectivity index (χ3n) is 4.79. The normalized spacial score (nSPS) is 16.7. The molecule has 0 saturated carbocycles. The molecule has 1 aromatic heterocycles. The molecule has 1 saturated heterocycles. The van der Waals surface area contributed by atoms with Crippen molar-refractivity contribution in [1.82, 2.24) is 9.88 Å². The SMILES string of the molecule is O=C(/C=C(/O)c1cccnc1)C1CCN(CCc2ccccc2)CC1. The van der Waals surface area contributed by atoms with Crippen LogP contribution in [0.3, 0.4) is 0 Å². The molecule has 1 fully saturated rings. The molecule has 1 N–H and O–H groups in total. The fraction of sp³-hybridized carbons (Fsp3) is 0.333. The van der Waals surface area contributed by atoms with Crippen LogP contribution in [0.25, 0.3) is 5.76 Å². The lowest BCUT2D eigenvalue weighted by Gasteiger charge is -2.30. The molecule has 1 aliphatic rings. The summed E-state index contributed by atoms with van der Waals surface area (Å²) in [6, 6.07) is 14.0. The zero-order valence-electron chi connectivity index (χ0n) is 14.3. The number of aromatic nitrogens is 1. The van der Waals surface area contributed by atoms with Gasteiger partial charge in [-0.25, -0.2) is 0 Å². The predicted octanol–water partition coefficient (Wildman–Crippen LogP) is 3.50. The summed E-state index contributed by atoms with van der Waals surface area (Å²) >= 11 is 0. The molecule has 1 aromatic carbocycles. The van der Waals surface area contributed by atoms with Gasteiger partial charge in [-0.05, 0) is 50.0 Å². The average molecular weight is 336 g/mol. The van der Waals surface area contributed by atoms with E-state index in [0.29, 0.717) is 5.56 Å². The quantitative estimate of drug-likeness (QED) is 0.648. The Labute approximate surface area is 148 Å². The van der Waals surface area contributed by atoms with Crippen LogP contribution in [0.5, 0.6) is 0 Å². The van der Waals surface area contributed by atoms with Gasteiger partial charge in [-0.1, -0.05) is 30.3 Å². The fourth-order valence-corrected chi connectivity index (χ4v) is 3.22. The summed E-state index contributed by atoms with van der Waals surface area (Å²) in [7, 11) is 0. The van der Waals surface area contributed by atoms with E-state index in [0.717, 1.165) is 38.9 Å². The fourth-order valence-electron chi connectivity index (χ4n) is 3.22. The number of hydrogen-bond donors (Lipinski definition) is 1. The summed E-state index contributed by atoms with van der Waals surface area (Å²) in [5.74, 6) is 0.0282. The number of hydrogen-bond acceptors (Lipinski definition) is 4. The summed E-state index contributed by atoms with van der Waals surface area (Å²) in [6.07, 6.45) is 7.31. The first-order chi connectivity index (χ1) is 12.2. The second-order valence-electron chi connectivity index (χ2n) is 6.53. The van der Waals surface area contributed by atoms with Crippen LogP contribution in [-0.4, -0.2) is 40.4 Å². The maximum atomic E-state index is 12.4. The van der Waals surface area contributed by atoms with E-state index in [2.05, 4.69) is 34.1 Å². The number of carbonyl (C=O) groups excluding carboxylic acids is 1. The van der Waals surface area contributed by atoms with Crippen molar-refractivity contribution in [1.29, 1.82) is 0 Å². The molecule has 1 aliphatic heterocycles. The van der Waals surface area contributed by atoms with Crippen molar-refractivity contribution >= 4 is 11.5 Å². The lowest BCUT2D eigenvalue weighted by atomic mass is 9.91. The Morgan fingerprint density at radius 3 is 2.60 bits per heavy atom. The second-order valence-corrected chi connectivity index (χ2v) is 6.53. The molecule has 4 heteroatoms. The third kappa shape index (κ3) is 5.00. The number of carbonyl (C=O) groups is 1. The highest BCUT2D eigenvalue weighted by molar-refractivity contribution is 5.96. The molecule has 0 spiro atoms. The first-order valence-corrected chi connectivity index (χ1v) is 8.83. The molecule has 25 heavy (non-hydrogen) atoms. The molecular formula is C21H24N2O2. The highest BCUT2D eigenvalue weighted by Gasteiger charge is 2.24. The number of benzene rings is 1. The number of nitrogens with zero attached hydrogens (tertiary/aromatic N) is 2. The van der Waals surface area contributed by atoms with Crippen LogP contribution in [0.2, 0.25) is 0 Å². The van der Waals surface area contributed by atoms with Crippen LogP contribution in [0.15, 0.2) is 60.9 Å². The zero-order valence-corrected chi connectivity index (χ0v) is 14.3. The van der Waals surface area contributed by atoms with E-state index in [-0.39, 0.29) is 17.5 Å². The van der Waals surface area contributed by atoms with Gasteiger partial charge in [-0.15, -0.1) is 0 Å². The van der Waals surface area contributed by atoms with Gasteiger partial charge in [0.1, 0.15) is 5.76 Å². The molecule has 0 unspecified atom stereocenters. The van der Waals surface area contributed by atoms with E-state index in [4.69, 9.17) is 0 Å². The second kappa shape index (κ2) is 8.58. The minimum absolute atomic E-state index is 0.00427. The first kappa shape index (κ1) is 17.4. The van der Waals surface area contributed by atoms with Crippen molar-refractivity contribution in [2.75, 3.05) is 19.6 Å². The van der Waals surface area contributed by atoms with Crippen molar-refractivity contribution in [2.45, 2.75) is 19.3 Å². The number of allylic oxidation sites excluding steroid dienone is 1. The van der Waals surface area contributed by atoms with Gasteiger partial charge in [0.05, 0.1) is 0 Å². The summed E-state index contributed by atoms with van der Waals surface area (Å²) in [4.78, 5) is 18.8. The molecule has 0 amide bonds. The Balaban J connectivity index is 1.47. The molecule has 2 aromatic rings. The topological polar surface area (TPSA) is 53.4 Å². The summed E-state index contributed by atoms with van der Waals surface area (Å²) in [5.41, 5.74) is 1.93. The maximum Gasteiger partial charge on any atom is 0.162 e. The maximum absolute atomic E-state index is 12.4. The molecule has 3 rings (SSSR count). The largest absolute Gasteiger partial charge is 0.507 e. The van der Waals surface area contributed by atoms with E-state index in [1.807, 2.05) is 6.07 Å². The molecule has 2 heterocycles. The molecule has 130 valence electrons. The number of ketones is 1. The van der Waals surface area contributed by atoms with E-state index in [1.54, 1.807) is 24.5 Å². The molecule has 0 radical (unpaired) electrons. The number of aliphatic hydroxyl groups is 1. The van der Waals surface area contributed by atoms with Gasteiger partial charge in [0.25, 0.3) is 0 Å². The number of likely N-dealkylation sites (tertiary alicyclic amines) is 1. The van der Waals surface area contributed by atoms with Crippen molar-refractivity contribution < 1.29 is 9.90 Å². The number of aliphatic hydroxyl groups excluding tert-OH is 1. The van der Waals surface area contributed by atoms with Crippen LogP contribution < -0.4 is 0 Å². The van der Waals surface area contributed by atoms with Crippen molar-refractivity contribution in [3.05, 3.63) is 72.1 Å². The van der Waals surface area contributed by atoms with E-state index >= 15 is 0 Å². The number of rotatable bonds is 6. The monoisotopic (exact) mass is 336 g/mol. The summed E-state index contributed by atoms with van der Waals surface area (Å²) in [5, 5.41) is 10.1. The van der Waals surface area contributed by atoms with Crippen LogP contribution in [-0.2, 0) is 11.2 Å². The minimum atomic E-state index is 0.00427. The molecule has 0 aliphatic carbocycles. The Morgan fingerprint density at radius 1 is 1.16 bits per heavy atom. The lowest BCUT2D eigenvalue weighted by Crippen LogP contribution is -2.37. The minimum Gasteiger partial charge on any atom is -0.507 e. The third-order valence-corrected chi connectivity index (χ3v) is 4.79. The Bertz CT molecular complexity index is 705. The summed E-state index contributed by atoms with van der Waals surface area (Å²) < 4.78 is 0. The van der Waals surface area contributed by atoms with Gasteiger partial charge < -0.3 is 10.0 Å². The molecule has 4 nitrogen and oxygen atoms in total. The number of pyridine rings is 1. The lowest BCUT2D eigenvalue weighted by molar-refractivity contribution is -0.119. The van der Waals surface area contributed by atoms with Crippen molar-refractivity contribution in [3.63, 3.8) is 0 Å². The molecule has 0 atom stereocenters. The summed E-state index contributed by atoms with van der Waals surface area (Å²) in [6.45, 7) is 2.90. The van der Waals surface area contributed by atoms with Crippen molar-refractivity contribution in [3.8, 4) is 0 Å². The number of piperidine rings is 1. The van der Waals surface area contributed by atoms with E-state index in [9.17, 15) is 9.90 Å². The van der Waals surface area contributed by atoms with Gasteiger partial charge in [0, 0.05) is 36.5 Å². The first-order valence-electron chi connectivity index (χ1n) is 8.83. The van der Waals surface area contributed by atoms with Gasteiger partial charge >= 0.3 is 0 Å². The molecular weight excluding hydrogens is 312 g/mol. The van der Waals surface area contributed by atoms with Crippen LogP contribution in [0.4, 0.5) is 0 Å². The van der Waals surface area contributed by atoms with Gasteiger partial charge in [-0.3, -0.25) is 9.78 Å². The van der Waals surface area contributed by atoms with Gasteiger partial charge in [0.2, 0.25) is 0 Å². The van der Waals surface area contributed by atoms with Crippen LogP contribution in [0.1, 0.15) is 24.0 Å². The van der Waals surface area contributed by atoms with Crippen LogP contribution in [0, 0.1) is 5.92 Å². The van der Waals surface area contributed by atoms with Gasteiger partial charge in [-0.2, -0.15) is 0 Å². The van der Waals surface area contributed by atoms with Crippen molar-refractivity contribution in [2.24, 2.45) is 5.92 Å². The Kier molecular flexibility index (Phi) is 5.96. The van der Waals surface area contributed by atoms with E-state index < -0.39 is 0 Å². The average Bonchev–Trinajstić information content (AvgIpc) is 2.68.